The molecular formula is C25H24FN5O3S. The highest BCUT2D eigenvalue weighted by Gasteiger charge is 2.26. The molecule has 5 rings (SSSR count). The van der Waals surface area contributed by atoms with E-state index in [0.29, 0.717) is 59.7 Å². The number of benzene rings is 2. The summed E-state index contributed by atoms with van der Waals surface area (Å²) in [6.45, 7) is 4.71. The number of rotatable bonds is 6. The molecule has 180 valence electrons. The second-order valence-corrected chi connectivity index (χ2v) is 9.30. The number of ether oxygens (including phenoxy) is 1. The zero-order chi connectivity index (χ0) is 24.4. The van der Waals surface area contributed by atoms with Crippen LogP contribution in [0, 0.1) is 5.82 Å². The lowest BCUT2D eigenvalue weighted by Crippen LogP contribution is -2.51. The number of carbonyl (C=O) groups excluding carboxylic acids is 1. The SMILES string of the molecule is CC(Oc1ccccc1)C(=O)N1CCN(Cc2cc(=O)n3nc(-c4ccccc4F)sc3n2)CC1. The van der Waals surface area contributed by atoms with Crippen LogP contribution in [-0.2, 0) is 11.3 Å². The van der Waals surface area contributed by atoms with Crippen LogP contribution in [0.15, 0.2) is 65.5 Å². The molecule has 0 aliphatic carbocycles. The lowest BCUT2D eigenvalue weighted by Gasteiger charge is -2.35. The predicted octanol–water partition coefficient (Wildman–Crippen LogP) is 3.07. The van der Waals surface area contributed by atoms with Crippen LogP contribution in [0.2, 0.25) is 0 Å². The second-order valence-electron chi connectivity index (χ2n) is 8.34. The molecule has 2 aromatic heterocycles. The van der Waals surface area contributed by atoms with Crippen LogP contribution in [0.4, 0.5) is 4.39 Å². The second kappa shape index (κ2) is 9.93. The van der Waals surface area contributed by atoms with E-state index in [4.69, 9.17) is 4.74 Å². The minimum Gasteiger partial charge on any atom is -0.481 e. The van der Waals surface area contributed by atoms with Gasteiger partial charge in [0, 0.05) is 44.4 Å². The number of hydrogen-bond donors (Lipinski definition) is 0. The summed E-state index contributed by atoms with van der Waals surface area (Å²) >= 11 is 1.18. The summed E-state index contributed by atoms with van der Waals surface area (Å²) in [7, 11) is 0. The van der Waals surface area contributed by atoms with Crippen molar-refractivity contribution in [3.63, 3.8) is 0 Å². The van der Waals surface area contributed by atoms with E-state index in [-0.39, 0.29) is 11.5 Å². The first-order valence-corrected chi connectivity index (χ1v) is 12.2. The van der Waals surface area contributed by atoms with E-state index < -0.39 is 11.9 Å². The molecule has 2 aromatic carbocycles. The summed E-state index contributed by atoms with van der Waals surface area (Å²) in [6.07, 6.45) is -0.567. The van der Waals surface area contributed by atoms with Crippen LogP contribution in [0.3, 0.4) is 0 Å². The van der Waals surface area contributed by atoms with Gasteiger partial charge in [-0.3, -0.25) is 14.5 Å². The molecule has 1 aliphatic heterocycles. The lowest BCUT2D eigenvalue weighted by atomic mass is 10.2. The minimum atomic E-state index is -0.567. The number of piperazine rings is 1. The van der Waals surface area contributed by atoms with Crippen molar-refractivity contribution in [3.05, 3.63) is 82.5 Å². The normalized spacial score (nSPS) is 15.3. The number of hydrogen-bond acceptors (Lipinski definition) is 7. The Balaban J connectivity index is 1.22. The molecule has 1 unspecified atom stereocenters. The number of halogens is 1. The number of carbonyl (C=O) groups is 1. The fourth-order valence-corrected chi connectivity index (χ4v) is 5.00. The number of nitrogens with zero attached hydrogens (tertiary/aromatic N) is 5. The molecule has 1 aliphatic rings. The Kier molecular flexibility index (Phi) is 6.56. The topological polar surface area (TPSA) is 80.0 Å². The number of para-hydroxylation sites is 1. The smallest absolute Gasteiger partial charge is 0.275 e. The Labute approximate surface area is 205 Å². The molecule has 0 bridgehead atoms. The van der Waals surface area contributed by atoms with E-state index in [1.54, 1.807) is 30.0 Å². The van der Waals surface area contributed by atoms with Gasteiger partial charge in [0.15, 0.2) is 11.1 Å². The monoisotopic (exact) mass is 493 g/mol. The molecule has 3 heterocycles. The third kappa shape index (κ3) is 5.08. The highest BCUT2D eigenvalue weighted by atomic mass is 32.1. The zero-order valence-corrected chi connectivity index (χ0v) is 19.9. The summed E-state index contributed by atoms with van der Waals surface area (Å²) in [5, 5.41) is 4.66. The van der Waals surface area contributed by atoms with Gasteiger partial charge in [0.2, 0.25) is 4.96 Å². The van der Waals surface area contributed by atoms with Crippen LogP contribution in [0.1, 0.15) is 12.6 Å². The van der Waals surface area contributed by atoms with Crippen molar-refractivity contribution < 1.29 is 13.9 Å². The van der Waals surface area contributed by atoms with E-state index in [2.05, 4.69) is 15.0 Å². The van der Waals surface area contributed by atoms with Crippen molar-refractivity contribution in [1.82, 2.24) is 24.4 Å². The molecule has 35 heavy (non-hydrogen) atoms. The number of amides is 1. The third-order valence-electron chi connectivity index (χ3n) is 5.88. The molecule has 1 saturated heterocycles. The molecule has 10 heteroatoms. The molecule has 8 nitrogen and oxygen atoms in total. The van der Waals surface area contributed by atoms with Gasteiger partial charge in [-0.1, -0.05) is 41.7 Å². The maximum atomic E-state index is 14.2. The first kappa shape index (κ1) is 23.1. The van der Waals surface area contributed by atoms with Gasteiger partial charge in [-0.2, -0.15) is 9.61 Å². The molecule has 1 amide bonds. The summed E-state index contributed by atoms with van der Waals surface area (Å²) in [6, 6.07) is 17.1. The van der Waals surface area contributed by atoms with Gasteiger partial charge in [-0.25, -0.2) is 9.37 Å². The van der Waals surface area contributed by atoms with E-state index >= 15 is 0 Å². The van der Waals surface area contributed by atoms with Gasteiger partial charge in [0.05, 0.1) is 5.69 Å². The maximum Gasteiger partial charge on any atom is 0.275 e. The quantitative estimate of drug-likeness (QED) is 0.411. The van der Waals surface area contributed by atoms with E-state index in [1.807, 2.05) is 30.3 Å². The number of fused-ring (bicyclic) bond motifs is 1. The van der Waals surface area contributed by atoms with Gasteiger partial charge < -0.3 is 9.64 Å². The van der Waals surface area contributed by atoms with Crippen LogP contribution in [0.5, 0.6) is 5.75 Å². The largest absolute Gasteiger partial charge is 0.481 e. The highest BCUT2D eigenvalue weighted by Crippen LogP contribution is 2.26. The van der Waals surface area contributed by atoms with Crippen LogP contribution in [0.25, 0.3) is 15.5 Å². The van der Waals surface area contributed by atoms with Gasteiger partial charge in [-0.15, -0.1) is 0 Å². The average molecular weight is 494 g/mol. The first-order valence-electron chi connectivity index (χ1n) is 11.4. The van der Waals surface area contributed by atoms with E-state index in [1.165, 1.54) is 28.0 Å². The van der Waals surface area contributed by atoms with Gasteiger partial charge in [-0.05, 0) is 31.2 Å². The number of aromatic nitrogens is 3. The van der Waals surface area contributed by atoms with E-state index in [9.17, 15) is 14.0 Å². The molecule has 1 atom stereocenters. The van der Waals surface area contributed by atoms with Gasteiger partial charge >= 0.3 is 0 Å². The molecule has 0 spiro atoms. The van der Waals surface area contributed by atoms with Crippen molar-refractivity contribution in [1.29, 1.82) is 0 Å². The molecule has 0 N–H and O–H groups in total. The molecular weight excluding hydrogens is 469 g/mol. The zero-order valence-electron chi connectivity index (χ0n) is 19.1. The first-order chi connectivity index (χ1) is 17.0. The van der Waals surface area contributed by atoms with Crippen LogP contribution >= 0.6 is 11.3 Å². The maximum absolute atomic E-state index is 14.2. The van der Waals surface area contributed by atoms with Crippen molar-refractivity contribution in [3.8, 4) is 16.3 Å². The van der Waals surface area contributed by atoms with Crippen molar-refractivity contribution >= 4 is 22.2 Å². The molecule has 0 radical (unpaired) electrons. The minimum absolute atomic E-state index is 0.0448. The van der Waals surface area contributed by atoms with Gasteiger partial charge in [0.1, 0.15) is 11.6 Å². The van der Waals surface area contributed by atoms with Crippen LogP contribution in [-0.4, -0.2) is 62.6 Å². The molecule has 1 fully saturated rings. The Morgan fingerprint density at radius 3 is 2.54 bits per heavy atom. The third-order valence-corrected chi connectivity index (χ3v) is 6.82. The summed E-state index contributed by atoms with van der Waals surface area (Å²) in [4.78, 5) is 34.4. The van der Waals surface area contributed by atoms with Crippen molar-refractivity contribution in [2.45, 2.75) is 19.6 Å². The fourth-order valence-electron chi connectivity index (χ4n) is 4.05. The predicted molar refractivity (Wildman–Crippen MR) is 131 cm³/mol. The van der Waals surface area contributed by atoms with Crippen molar-refractivity contribution in [2.24, 2.45) is 0 Å². The lowest BCUT2D eigenvalue weighted by molar-refractivity contribution is -0.139. The summed E-state index contributed by atoms with van der Waals surface area (Å²) in [5.41, 5.74) is 0.666. The Morgan fingerprint density at radius 2 is 1.80 bits per heavy atom. The fraction of sp³-hybridized carbons (Fsp3) is 0.280. The van der Waals surface area contributed by atoms with Gasteiger partial charge in [0.25, 0.3) is 11.5 Å². The molecule has 4 aromatic rings. The Bertz CT molecular complexity index is 1400. The average Bonchev–Trinajstić information content (AvgIpc) is 3.29. The molecule has 0 saturated carbocycles. The highest BCUT2D eigenvalue weighted by molar-refractivity contribution is 7.19. The van der Waals surface area contributed by atoms with E-state index in [0.717, 1.165) is 0 Å². The summed E-state index contributed by atoms with van der Waals surface area (Å²) < 4.78 is 21.1. The summed E-state index contributed by atoms with van der Waals surface area (Å²) in [5.74, 6) is 0.230. The standard InChI is InChI=1S/C25H24FN5O3S/c1-17(34-19-7-3-2-4-8-19)24(33)30-13-11-29(12-14-30)16-18-15-22(32)31-25(27-18)35-23(28-31)20-9-5-6-10-21(20)26/h2-10,15,17H,11-14,16H2,1H3. The van der Waals surface area contributed by atoms with Crippen LogP contribution < -0.4 is 10.3 Å². The Morgan fingerprint density at radius 1 is 1.09 bits per heavy atom. The van der Waals surface area contributed by atoms with Crippen molar-refractivity contribution in [2.75, 3.05) is 26.2 Å². The Hall–Kier alpha value is -3.63.